The fourth-order valence-electron chi connectivity index (χ4n) is 4.37. The molecule has 0 amide bonds. The predicted molar refractivity (Wildman–Crippen MR) is 107 cm³/mol. The lowest BCUT2D eigenvalue weighted by molar-refractivity contribution is 0.0432. The van der Waals surface area contributed by atoms with Gasteiger partial charge < -0.3 is 9.68 Å². The molecule has 4 aromatic rings. The van der Waals surface area contributed by atoms with Crippen molar-refractivity contribution in [2.45, 2.75) is 5.92 Å². The zero-order valence-corrected chi connectivity index (χ0v) is 17.8. The molecule has 15 heteroatoms. The summed E-state index contributed by atoms with van der Waals surface area (Å²) < 4.78 is 178. The first-order valence-electron chi connectivity index (χ1n) is 10.1. The number of fused-ring (bicyclic) bond motifs is 4. The van der Waals surface area contributed by atoms with Gasteiger partial charge in [-0.25, -0.2) is 43.9 Å². The number of hydrogen-bond acceptors (Lipinski definition) is 2. The Bertz CT molecular complexity index is 1710. The Kier molecular flexibility index (Phi) is 5.64. The highest BCUT2D eigenvalue weighted by Gasteiger charge is 2.56. The van der Waals surface area contributed by atoms with Gasteiger partial charge in [0, 0.05) is 33.6 Å². The molecule has 2 nitrogen and oxygen atoms in total. The lowest BCUT2D eigenvalue weighted by atomic mass is 9.73. The van der Waals surface area contributed by atoms with Crippen molar-refractivity contribution in [1.82, 2.24) is 0 Å². The van der Waals surface area contributed by atoms with Gasteiger partial charge in [-0.05, 0) is 18.2 Å². The van der Waals surface area contributed by atoms with E-state index in [-0.39, 0.29) is 6.07 Å². The molecule has 4 aromatic carbocycles. The van der Waals surface area contributed by atoms with Crippen molar-refractivity contribution in [2.75, 3.05) is 0 Å². The van der Waals surface area contributed by atoms with Gasteiger partial charge in [-0.1, -0.05) is 0 Å². The van der Waals surface area contributed by atoms with Crippen molar-refractivity contribution in [1.29, 1.82) is 0 Å². The summed E-state index contributed by atoms with van der Waals surface area (Å²) in [7, 11) is -3.14. The third-order valence-corrected chi connectivity index (χ3v) is 5.93. The molecule has 0 heterocycles. The standard InChI is InChI=1S/C23H5BF12O2/c25-5-3-6-9(2-1-7(26)10(6)8(27)4-5)38-24(37)15-13-11(16(28)20(32)19(15)31)12-14(23(13,35)36)18(30)22(34)21(33)17(12)29/h1-4,37H. The maximum Gasteiger partial charge on any atom is 0.563 e. The van der Waals surface area contributed by atoms with E-state index in [0.717, 1.165) is 0 Å². The van der Waals surface area contributed by atoms with Gasteiger partial charge in [-0.2, -0.15) is 8.78 Å². The fourth-order valence-corrected chi connectivity index (χ4v) is 4.37. The minimum atomic E-state index is -5.11. The lowest BCUT2D eigenvalue weighted by Crippen LogP contribution is -2.44. The predicted octanol–water partition coefficient (Wildman–Crippen LogP) is 6.12. The summed E-state index contributed by atoms with van der Waals surface area (Å²) in [5.41, 5.74) is -10.4. The van der Waals surface area contributed by atoms with Crippen molar-refractivity contribution >= 4 is 23.4 Å². The zero-order chi connectivity index (χ0) is 28.0. The van der Waals surface area contributed by atoms with Gasteiger partial charge >= 0.3 is 13.0 Å². The summed E-state index contributed by atoms with van der Waals surface area (Å²) in [4.78, 5) is 0. The number of hydrogen-bond donors (Lipinski definition) is 1. The van der Waals surface area contributed by atoms with Crippen LogP contribution in [0.15, 0.2) is 24.3 Å². The highest BCUT2D eigenvalue weighted by atomic mass is 19.3. The molecule has 1 aliphatic rings. The van der Waals surface area contributed by atoms with E-state index >= 15 is 8.78 Å². The van der Waals surface area contributed by atoms with E-state index in [1.165, 1.54) is 0 Å². The van der Waals surface area contributed by atoms with Crippen LogP contribution in [0.1, 0.15) is 11.1 Å². The second-order valence-corrected chi connectivity index (χ2v) is 8.01. The molecule has 0 unspecified atom stereocenters. The molecule has 0 radical (unpaired) electrons. The van der Waals surface area contributed by atoms with Crippen molar-refractivity contribution < 1.29 is 62.4 Å². The monoisotopic (exact) mass is 552 g/mol. The summed E-state index contributed by atoms with van der Waals surface area (Å²) in [5, 5.41) is 8.76. The van der Waals surface area contributed by atoms with E-state index in [4.69, 9.17) is 4.65 Å². The van der Waals surface area contributed by atoms with Gasteiger partial charge in [-0.3, -0.25) is 0 Å². The first-order valence-corrected chi connectivity index (χ1v) is 10.1. The normalized spacial score (nSPS) is 13.6. The Morgan fingerprint density at radius 1 is 0.632 bits per heavy atom. The Hall–Kier alpha value is -3.88. The molecular weight excluding hydrogens is 547 g/mol. The second-order valence-electron chi connectivity index (χ2n) is 8.01. The molecular formula is C23H5BF12O2. The van der Waals surface area contributed by atoms with Crippen molar-refractivity contribution in [3.63, 3.8) is 0 Å². The quantitative estimate of drug-likeness (QED) is 0.144. The summed E-state index contributed by atoms with van der Waals surface area (Å²) >= 11 is 0. The number of benzene rings is 4. The van der Waals surface area contributed by atoms with Crippen LogP contribution < -0.4 is 10.1 Å². The van der Waals surface area contributed by atoms with Crippen molar-refractivity contribution in [3.05, 3.63) is 93.6 Å². The average molecular weight is 552 g/mol. The van der Waals surface area contributed by atoms with Crippen LogP contribution in [0.2, 0.25) is 0 Å². The van der Waals surface area contributed by atoms with Gasteiger partial charge in [-0.15, -0.1) is 0 Å². The van der Waals surface area contributed by atoms with E-state index in [1.54, 1.807) is 0 Å². The average Bonchev–Trinajstić information content (AvgIpc) is 3.08. The molecule has 1 aliphatic carbocycles. The molecule has 0 aliphatic heterocycles. The summed E-state index contributed by atoms with van der Waals surface area (Å²) in [5.74, 6) is -28.5. The largest absolute Gasteiger partial charge is 0.563 e. The molecule has 0 spiro atoms. The first kappa shape index (κ1) is 25.8. The molecule has 196 valence electrons. The van der Waals surface area contributed by atoms with Gasteiger partial charge in [0.25, 0.3) is 0 Å². The smallest absolute Gasteiger partial charge is 0.532 e. The van der Waals surface area contributed by atoms with Crippen LogP contribution in [-0.2, 0) is 5.92 Å². The van der Waals surface area contributed by atoms with Crippen molar-refractivity contribution in [3.8, 4) is 16.9 Å². The summed E-state index contributed by atoms with van der Waals surface area (Å²) in [6.07, 6.45) is 0. The SMILES string of the molecule is OB(Oc1ccc(F)c2c(F)cc(F)cc12)c1c(F)c(F)c(F)c2c1C(F)(F)c1c(F)c(F)c(F)c(F)c1-2. The summed E-state index contributed by atoms with van der Waals surface area (Å²) in [6, 6.07) is 1.84. The second kappa shape index (κ2) is 8.31. The van der Waals surface area contributed by atoms with E-state index in [2.05, 4.69) is 0 Å². The van der Waals surface area contributed by atoms with Gasteiger partial charge in [0.1, 0.15) is 23.2 Å². The Morgan fingerprint density at radius 2 is 1.18 bits per heavy atom. The van der Waals surface area contributed by atoms with Crippen LogP contribution >= 0.6 is 0 Å². The highest BCUT2D eigenvalue weighted by Crippen LogP contribution is 2.54. The van der Waals surface area contributed by atoms with Crippen LogP contribution in [0.5, 0.6) is 5.75 Å². The van der Waals surface area contributed by atoms with Crippen LogP contribution in [0.25, 0.3) is 21.9 Å². The molecule has 38 heavy (non-hydrogen) atoms. The maximum absolute atomic E-state index is 15.3. The Balaban J connectivity index is 1.78. The van der Waals surface area contributed by atoms with Gasteiger partial charge in [0.05, 0.1) is 10.9 Å². The first-order chi connectivity index (χ1) is 17.7. The van der Waals surface area contributed by atoms with Crippen LogP contribution in [0, 0.1) is 58.2 Å². The minimum Gasteiger partial charge on any atom is -0.532 e. The number of rotatable bonds is 3. The van der Waals surface area contributed by atoms with Crippen LogP contribution in [-0.4, -0.2) is 12.1 Å². The van der Waals surface area contributed by atoms with E-state index in [9.17, 15) is 48.9 Å². The number of alkyl halides is 2. The maximum atomic E-state index is 15.3. The molecule has 0 saturated heterocycles. The van der Waals surface area contributed by atoms with Gasteiger partial charge in [0.15, 0.2) is 40.7 Å². The van der Waals surface area contributed by atoms with E-state index in [0.29, 0.717) is 18.2 Å². The third kappa shape index (κ3) is 3.30. The molecule has 0 aromatic heterocycles. The molecule has 5 rings (SSSR count). The van der Waals surface area contributed by atoms with Crippen LogP contribution in [0.4, 0.5) is 52.7 Å². The third-order valence-electron chi connectivity index (χ3n) is 5.93. The topological polar surface area (TPSA) is 29.5 Å². The number of halogens is 12. The summed E-state index contributed by atoms with van der Waals surface area (Å²) in [6.45, 7) is 0. The zero-order valence-electron chi connectivity index (χ0n) is 17.8. The van der Waals surface area contributed by atoms with Gasteiger partial charge in [0.2, 0.25) is 0 Å². The Morgan fingerprint density at radius 3 is 1.82 bits per heavy atom. The van der Waals surface area contributed by atoms with E-state index < -0.39 is 115 Å². The molecule has 1 N–H and O–H groups in total. The van der Waals surface area contributed by atoms with Crippen LogP contribution in [0.3, 0.4) is 0 Å². The molecule has 0 atom stereocenters. The van der Waals surface area contributed by atoms with Crippen molar-refractivity contribution in [2.24, 2.45) is 0 Å². The minimum absolute atomic E-state index is 0.257. The lowest BCUT2D eigenvalue weighted by Gasteiger charge is -2.20. The molecule has 0 bridgehead atoms. The highest BCUT2D eigenvalue weighted by molar-refractivity contribution is 6.62. The fraction of sp³-hybridized carbons (Fsp3) is 0.0435. The molecule has 0 fully saturated rings. The van der Waals surface area contributed by atoms with E-state index in [1.807, 2.05) is 0 Å². The Labute approximate surface area is 202 Å². The molecule has 0 saturated carbocycles.